The lowest BCUT2D eigenvalue weighted by atomic mass is 9.83. The summed E-state index contributed by atoms with van der Waals surface area (Å²) in [4.78, 5) is 15.2. The molecule has 0 bridgehead atoms. The number of nitrogens with two attached hydrogens (primary N) is 1. The Balaban J connectivity index is 1.37. The molecule has 0 radical (unpaired) electrons. The summed E-state index contributed by atoms with van der Waals surface area (Å²) in [6.07, 6.45) is 11.9. The number of allylic oxidation sites excluding steroid dienone is 4. The molecule has 0 aromatic heterocycles. The lowest BCUT2D eigenvalue weighted by Gasteiger charge is -2.34. The van der Waals surface area contributed by atoms with Crippen molar-refractivity contribution in [2.45, 2.75) is 44.6 Å². The van der Waals surface area contributed by atoms with E-state index in [1.165, 1.54) is 5.56 Å². The molecule has 3 atom stereocenters. The molecule has 3 unspecified atom stereocenters. The summed E-state index contributed by atoms with van der Waals surface area (Å²) < 4.78 is 6.12. The summed E-state index contributed by atoms with van der Waals surface area (Å²) in [7, 11) is 0. The number of hydrogen-bond acceptors (Lipinski definition) is 4. The number of benzene rings is 2. The third kappa shape index (κ3) is 5.96. The second-order valence-corrected chi connectivity index (χ2v) is 8.39. The van der Waals surface area contributed by atoms with Crippen LogP contribution in [-0.4, -0.2) is 23.0 Å². The summed E-state index contributed by atoms with van der Waals surface area (Å²) in [5.41, 5.74) is 8.62. The van der Waals surface area contributed by atoms with Crippen LogP contribution in [0.1, 0.15) is 30.4 Å². The monoisotopic (exact) mass is 429 g/mol. The van der Waals surface area contributed by atoms with Crippen LogP contribution in [0.25, 0.3) is 0 Å². The number of nitrogens with zero attached hydrogens (tertiary/aromatic N) is 1. The van der Waals surface area contributed by atoms with Crippen LogP contribution in [0.5, 0.6) is 0 Å². The Bertz CT molecular complexity index is 969. The van der Waals surface area contributed by atoms with E-state index < -0.39 is 0 Å². The van der Waals surface area contributed by atoms with E-state index in [0.29, 0.717) is 19.6 Å². The minimum absolute atomic E-state index is 0.0261. The fraction of sp³-hybridized carbons (Fsp3) is 0.296. The van der Waals surface area contributed by atoms with E-state index in [2.05, 4.69) is 22.3 Å². The van der Waals surface area contributed by atoms with E-state index in [0.717, 1.165) is 24.2 Å². The number of carbonyl (C=O) groups is 1. The Labute approximate surface area is 190 Å². The molecule has 1 heterocycles. The zero-order valence-electron chi connectivity index (χ0n) is 18.3. The maximum Gasteiger partial charge on any atom is 0.228 e. The Morgan fingerprint density at radius 1 is 0.969 bits per heavy atom. The fourth-order valence-electron chi connectivity index (χ4n) is 4.16. The molecule has 2 aliphatic rings. The van der Waals surface area contributed by atoms with Crippen LogP contribution in [0.2, 0.25) is 0 Å². The molecule has 4 rings (SSSR count). The molecular weight excluding hydrogens is 398 g/mol. The molecule has 1 amide bonds. The Kier molecular flexibility index (Phi) is 7.54. The summed E-state index contributed by atoms with van der Waals surface area (Å²) in [5.74, 6) is 0.685. The highest BCUT2D eigenvalue weighted by Crippen LogP contribution is 2.27. The van der Waals surface area contributed by atoms with Crippen molar-refractivity contribution in [3.63, 3.8) is 0 Å². The molecule has 5 nitrogen and oxygen atoms in total. The van der Waals surface area contributed by atoms with Gasteiger partial charge in [-0.05, 0) is 42.5 Å². The van der Waals surface area contributed by atoms with E-state index >= 15 is 0 Å². The lowest BCUT2D eigenvalue weighted by Crippen LogP contribution is -2.46. The first-order valence-electron chi connectivity index (χ1n) is 11.3. The topological polar surface area (TPSA) is 67.6 Å². The minimum Gasteiger partial charge on any atom is -0.372 e. The van der Waals surface area contributed by atoms with Crippen LogP contribution in [-0.2, 0) is 22.7 Å². The van der Waals surface area contributed by atoms with Crippen LogP contribution in [0.4, 0.5) is 0 Å². The number of carbonyl (C=O) groups excluding carboxylic acids is 1. The van der Waals surface area contributed by atoms with Gasteiger partial charge in [-0.15, -0.1) is 0 Å². The zero-order chi connectivity index (χ0) is 22.2. The molecule has 0 saturated heterocycles. The number of amides is 1. The van der Waals surface area contributed by atoms with Crippen LogP contribution >= 0.6 is 0 Å². The maximum absolute atomic E-state index is 13.2. The van der Waals surface area contributed by atoms with Crippen molar-refractivity contribution >= 4 is 5.91 Å². The molecule has 1 fully saturated rings. The largest absolute Gasteiger partial charge is 0.372 e. The van der Waals surface area contributed by atoms with Crippen molar-refractivity contribution in [1.82, 2.24) is 10.2 Å². The minimum atomic E-state index is -0.122. The van der Waals surface area contributed by atoms with Crippen molar-refractivity contribution in [1.29, 1.82) is 0 Å². The maximum atomic E-state index is 13.2. The third-order valence-corrected chi connectivity index (χ3v) is 6.02. The first-order chi connectivity index (χ1) is 15.7. The van der Waals surface area contributed by atoms with Gasteiger partial charge in [-0.25, -0.2) is 0 Å². The molecule has 166 valence electrons. The Hall–Kier alpha value is -3.15. The molecule has 2 aromatic carbocycles. The summed E-state index contributed by atoms with van der Waals surface area (Å²) in [5, 5.41) is 3.16. The van der Waals surface area contributed by atoms with Crippen LogP contribution in [0.3, 0.4) is 0 Å². The number of hydrogen-bond donors (Lipinski definition) is 2. The van der Waals surface area contributed by atoms with E-state index in [4.69, 9.17) is 10.5 Å². The van der Waals surface area contributed by atoms with Gasteiger partial charge in [0.05, 0.1) is 12.7 Å². The summed E-state index contributed by atoms with van der Waals surface area (Å²) in [6.45, 7) is 1.20. The van der Waals surface area contributed by atoms with Crippen LogP contribution in [0.15, 0.2) is 97.0 Å². The average Bonchev–Trinajstić information content (AvgIpc) is 3.05. The van der Waals surface area contributed by atoms with Gasteiger partial charge in [0.1, 0.15) is 5.82 Å². The predicted molar refractivity (Wildman–Crippen MR) is 127 cm³/mol. The molecular formula is C27H31N3O2. The first kappa shape index (κ1) is 22.1. The van der Waals surface area contributed by atoms with Gasteiger partial charge >= 0.3 is 0 Å². The van der Waals surface area contributed by atoms with Crippen molar-refractivity contribution in [3.05, 3.63) is 108 Å². The second-order valence-electron chi connectivity index (χ2n) is 8.39. The van der Waals surface area contributed by atoms with Crippen LogP contribution in [0, 0.1) is 5.92 Å². The molecule has 1 aliphatic heterocycles. The fourth-order valence-corrected chi connectivity index (χ4v) is 4.16. The van der Waals surface area contributed by atoms with E-state index in [9.17, 15) is 4.79 Å². The van der Waals surface area contributed by atoms with E-state index in [-0.39, 0.29) is 24.0 Å². The van der Waals surface area contributed by atoms with Crippen LogP contribution < -0.4 is 11.1 Å². The molecule has 5 heteroatoms. The molecule has 0 spiro atoms. The van der Waals surface area contributed by atoms with Gasteiger partial charge in [-0.3, -0.25) is 4.79 Å². The van der Waals surface area contributed by atoms with Gasteiger partial charge in [0.25, 0.3) is 0 Å². The SMILES string of the molecule is NC1CCC(C(=O)NC2=CC=CC=CN2Cc2ccccc2)CC1OCc1ccccc1. The molecule has 2 aromatic rings. The van der Waals surface area contributed by atoms with Crippen molar-refractivity contribution in [2.75, 3.05) is 0 Å². The highest BCUT2D eigenvalue weighted by atomic mass is 16.5. The third-order valence-electron chi connectivity index (χ3n) is 6.02. The standard InChI is InChI=1S/C27H31N3O2/c28-24-16-15-23(18-25(24)32-20-22-12-6-2-7-13-22)27(31)29-26-14-8-3-9-17-30(26)19-21-10-4-1-5-11-21/h1-14,17,23-25H,15-16,18-20,28H2,(H,29,31). The molecule has 1 saturated carbocycles. The second kappa shape index (κ2) is 10.9. The quantitative estimate of drug-likeness (QED) is 0.691. The van der Waals surface area contributed by atoms with Gasteiger partial charge in [-0.1, -0.05) is 72.8 Å². The smallest absolute Gasteiger partial charge is 0.228 e. The van der Waals surface area contributed by atoms with Crippen molar-refractivity contribution in [2.24, 2.45) is 11.7 Å². The van der Waals surface area contributed by atoms with Gasteiger partial charge in [-0.2, -0.15) is 0 Å². The van der Waals surface area contributed by atoms with Crippen molar-refractivity contribution in [3.8, 4) is 0 Å². The molecule has 3 N–H and O–H groups in total. The summed E-state index contributed by atoms with van der Waals surface area (Å²) >= 11 is 0. The Morgan fingerprint density at radius 3 is 2.44 bits per heavy atom. The first-order valence-corrected chi connectivity index (χ1v) is 11.3. The van der Waals surface area contributed by atoms with Gasteiger partial charge in [0, 0.05) is 24.7 Å². The zero-order valence-corrected chi connectivity index (χ0v) is 18.3. The normalized spacial score (nSPS) is 22.8. The predicted octanol–water partition coefficient (Wildman–Crippen LogP) is 4.24. The van der Waals surface area contributed by atoms with E-state index in [1.54, 1.807) is 0 Å². The van der Waals surface area contributed by atoms with Crippen molar-refractivity contribution < 1.29 is 9.53 Å². The average molecular weight is 430 g/mol. The molecule has 32 heavy (non-hydrogen) atoms. The van der Waals surface area contributed by atoms with Gasteiger partial charge in [0.15, 0.2) is 0 Å². The number of nitrogens with one attached hydrogen (secondary N) is 1. The number of rotatable bonds is 7. The summed E-state index contributed by atoms with van der Waals surface area (Å²) in [6, 6.07) is 20.3. The van der Waals surface area contributed by atoms with E-state index in [1.807, 2.05) is 79.0 Å². The van der Waals surface area contributed by atoms with Gasteiger partial charge in [0.2, 0.25) is 5.91 Å². The lowest BCUT2D eigenvalue weighted by molar-refractivity contribution is -0.128. The highest BCUT2D eigenvalue weighted by Gasteiger charge is 2.33. The molecule has 1 aliphatic carbocycles. The highest BCUT2D eigenvalue weighted by molar-refractivity contribution is 5.80. The Morgan fingerprint density at radius 2 is 1.69 bits per heavy atom. The number of ether oxygens (including phenoxy) is 1. The van der Waals surface area contributed by atoms with Gasteiger partial charge < -0.3 is 20.7 Å².